The van der Waals surface area contributed by atoms with Crippen molar-refractivity contribution in [1.29, 1.82) is 0 Å². The number of nitrogens with two attached hydrogens (primary N) is 2. The van der Waals surface area contributed by atoms with Gasteiger partial charge in [0, 0.05) is 15.7 Å². The number of benzene rings is 1. The van der Waals surface area contributed by atoms with Gasteiger partial charge in [-0.15, -0.1) is 0 Å². The molecule has 0 fully saturated rings. The number of halogens is 1. The Morgan fingerprint density at radius 2 is 2.27 bits per heavy atom. The van der Waals surface area contributed by atoms with Crippen LogP contribution >= 0.6 is 15.9 Å². The molecule has 0 aromatic heterocycles. The third-order valence-electron chi connectivity index (χ3n) is 2.21. The van der Waals surface area contributed by atoms with Gasteiger partial charge >= 0.3 is 0 Å². The molecule has 5 heteroatoms. The second kappa shape index (κ2) is 3.58. The number of carbonyl (C=O) groups is 1. The smallest absolute Gasteiger partial charge is 0.254 e. The summed E-state index contributed by atoms with van der Waals surface area (Å²) in [4.78, 5) is 11.2. The molecule has 0 saturated carbocycles. The number of amides is 1. The molecule has 1 amide bonds. The number of ether oxygens (including phenoxy) is 1. The second-order valence-electron chi connectivity index (χ2n) is 3.19. The number of fused-ring (bicyclic) bond motifs is 1. The third-order valence-corrected chi connectivity index (χ3v) is 2.92. The zero-order chi connectivity index (χ0) is 11.0. The highest BCUT2D eigenvalue weighted by molar-refractivity contribution is 9.10. The minimum Gasteiger partial charge on any atom is -0.464 e. The maximum atomic E-state index is 11.2. The maximum absolute atomic E-state index is 11.2. The van der Waals surface area contributed by atoms with Gasteiger partial charge in [-0.1, -0.05) is 15.9 Å². The van der Waals surface area contributed by atoms with Crippen LogP contribution in [0.5, 0.6) is 5.75 Å². The van der Waals surface area contributed by atoms with Crippen molar-refractivity contribution in [1.82, 2.24) is 0 Å². The fourth-order valence-corrected chi connectivity index (χ4v) is 2.13. The molecule has 78 valence electrons. The summed E-state index contributed by atoms with van der Waals surface area (Å²) in [6.07, 6.45) is 4.07. The Hall–Kier alpha value is -1.49. The lowest BCUT2D eigenvalue weighted by atomic mass is 10.0. The summed E-state index contributed by atoms with van der Waals surface area (Å²) in [5.41, 5.74) is 12.4. The summed E-state index contributed by atoms with van der Waals surface area (Å²) in [6, 6.07) is 1.67. The van der Waals surface area contributed by atoms with E-state index in [0.717, 1.165) is 10.0 Å². The van der Waals surface area contributed by atoms with E-state index >= 15 is 0 Å². The Morgan fingerprint density at radius 1 is 1.53 bits per heavy atom. The van der Waals surface area contributed by atoms with Crippen LogP contribution in [0.4, 0.5) is 5.69 Å². The van der Waals surface area contributed by atoms with Crippen molar-refractivity contribution in [3.63, 3.8) is 0 Å². The van der Waals surface area contributed by atoms with E-state index in [4.69, 9.17) is 16.2 Å². The molecule has 0 unspecified atom stereocenters. The number of hydrogen-bond donors (Lipinski definition) is 2. The standard InChI is InChI=1S/C10H9BrN2O2/c11-6-4-7(12)8(10(13)14)9-5(6)2-1-3-15-9/h1,3-4H,2,12H2,(H2,13,14). The lowest BCUT2D eigenvalue weighted by Crippen LogP contribution is -2.17. The van der Waals surface area contributed by atoms with Crippen molar-refractivity contribution in [2.75, 3.05) is 5.73 Å². The monoisotopic (exact) mass is 268 g/mol. The van der Waals surface area contributed by atoms with Crippen LogP contribution in [0.25, 0.3) is 0 Å². The molecule has 4 nitrogen and oxygen atoms in total. The molecule has 4 N–H and O–H groups in total. The van der Waals surface area contributed by atoms with Gasteiger partial charge in [-0.25, -0.2) is 0 Å². The molecule has 1 heterocycles. The SMILES string of the molecule is NC(=O)c1c(N)cc(Br)c2c1OC=CC2. The number of carbonyl (C=O) groups excluding carboxylic acids is 1. The minimum absolute atomic E-state index is 0.248. The number of primary amides is 1. The Balaban J connectivity index is 2.71. The lowest BCUT2D eigenvalue weighted by Gasteiger charge is -2.17. The van der Waals surface area contributed by atoms with Crippen molar-refractivity contribution in [2.24, 2.45) is 5.73 Å². The van der Waals surface area contributed by atoms with Crippen molar-refractivity contribution >= 4 is 27.5 Å². The first-order valence-corrected chi connectivity index (χ1v) is 5.13. The molecule has 0 saturated heterocycles. The van der Waals surface area contributed by atoms with Crippen molar-refractivity contribution in [2.45, 2.75) is 6.42 Å². The first kappa shape index (κ1) is 10.0. The summed E-state index contributed by atoms with van der Waals surface area (Å²) in [6.45, 7) is 0. The predicted molar refractivity (Wildman–Crippen MR) is 60.5 cm³/mol. The molecule has 0 radical (unpaired) electrons. The normalized spacial score (nSPS) is 13.1. The summed E-state index contributed by atoms with van der Waals surface area (Å²) >= 11 is 3.37. The van der Waals surface area contributed by atoms with Gasteiger partial charge in [0.2, 0.25) is 0 Å². The van der Waals surface area contributed by atoms with E-state index in [-0.39, 0.29) is 5.56 Å². The van der Waals surface area contributed by atoms with Gasteiger partial charge < -0.3 is 16.2 Å². The average molecular weight is 269 g/mol. The molecule has 0 atom stereocenters. The van der Waals surface area contributed by atoms with Crippen LogP contribution in [0.15, 0.2) is 22.9 Å². The molecular weight excluding hydrogens is 260 g/mol. The van der Waals surface area contributed by atoms with Crippen LogP contribution in [-0.2, 0) is 6.42 Å². The average Bonchev–Trinajstić information content (AvgIpc) is 2.17. The second-order valence-corrected chi connectivity index (χ2v) is 4.04. The van der Waals surface area contributed by atoms with E-state index in [1.165, 1.54) is 6.26 Å². The molecular formula is C10H9BrN2O2. The van der Waals surface area contributed by atoms with E-state index in [1.54, 1.807) is 6.07 Å². The van der Waals surface area contributed by atoms with Crippen LogP contribution in [0.2, 0.25) is 0 Å². The van der Waals surface area contributed by atoms with Gasteiger partial charge in [0.15, 0.2) is 0 Å². The van der Waals surface area contributed by atoms with Gasteiger partial charge in [-0.05, 0) is 18.6 Å². The van der Waals surface area contributed by atoms with E-state index in [9.17, 15) is 4.79 Å². The number of anilines is 1. The minimum atomic E-state index is -0.577. The highest BCUT2D eigenvalue weighted by atomic mass is 79.9. The van der Waals surface area contributed by atoms with Gasteiger partial charge in [0.25, 0.3) is 5.91 Å². The first-order chi connectivity index (χ1) is 7.11. The molecule has 0 bridgehead atoms. The zero-order valence-corrected chi connectivity index (χ0v) is 9.37. The summed E-state index contributed by atoms with van der Waals surface area (Å²) < 4.78 is 6.11. The Kier molecular flexibility index (Phi) is 2.40. The van der Waals surface area contributed by atoms with Gasteiger partial charge in [-0.2, -0.15) is 0 Å². The van der Waals surface area contributed by atoms with E-state index < -0.39 is 5.91 Å². The molecule has 1 aliphatic rings. The number of allylic oxidation sites excluding steroid dienone is 1. The molecule has 1 aromatic carbocycles. The largest absolute Gasteiger partial charge is 0.464 e. The summed E-state index contributed by atoms with van der Waals surface area (Å²) in [5, 5.41) is 0. The Bertz CT molecular complexity index is 469. The quantitative estimate of drug-likeness (QED) is 0.760. The molecule has 15 heavy (non-hydrogen) atoms. The first-order valence-electron chi connectivity index (χ1n) is 4.33. The van der Waals surface area contributed by atoms with Crippen molar-refractivity contribution in [3.05, 3.63) is 34.0 Å². The van der Waals surface area contributed by atoms with E-state index in [1.807, 2.05) is 6.08 Å². The van der Waals surface area contributed by atoms with Gasteiger partial charge in [-0.3, -0.25) is 4.79 Å². The van der Waals surface area contributed by atoms with Gasteiger partial charge in [0.05, 0.1) is 6.26 Å². The summed E-state index contributed by atoms with van der Waals surface area (Å²) in [5.74, 6) is -0.122. The van der Waals surface area contributed by atoms with Crippen LogP contribution in [0.1, 0.15) is 15.9 Å². The fourth-order valence-electron chi connectivity index (χ4n) is 1.54. The highest BCUT2D eigenvalue weighted by Gasteiger charge is 2.21. The highest BCUT2D eigenvalue weighted by Crippen LogP contribution is 2.37. The maximum Gasteiger partial charge on any atom is 0.254 e. The van der Waals surface area contributed by atoms with Crippen LogP contribution in [0.3, 0.4) is 0 Å². The lowest BCUT2D eigenvalue weighted by molar-refractivity contribution is 0.0998. The zero-order valence-electron chi connectivity index (χ0n) is 7.79. The molecule has 0 aliphatic carbocycles. The molecule has 2 rings (SSSR count). The van der Waals surface area contributed by atoms with Crippen LogP contribution in [-0.4, -0.2) is 5.91 Å². The van der Waals surface area contributed by atoms with E-state index in [2.05, 4.69) is 15.9 Å². The van der Waals surface area contributed by atoms with Crippen molar-refractivity contribution in [3.8, 4) is 5.75 Å². The van der Waals surface area contributed by atoms with Gasteiger partial charge in [0.1, 0.15) is 11.3 Å². The van der Waals surface area contributed by atoms with Crippen LogP contribution in [0, 0.1) is 0 Å². The predicted octanol–water partition coefficient (Wildman–Crippen LogP) is 1.58. The Morgan fingerprint density at radius 3 is 2.93 bits per heavy atom. The summed E-state index contributed by atoms with van der Waals surface area (Å²) in [7, 11) is 0. The topological polar surface area (TPSA) is 78.3 Å². The molecule has 1 aliphatic heterocycles. The number of rotatable bonds is 1. The molecule has 1 aromatic rings. The van der Waals surface area contributed by atoms with Crippen molar-refractivity contribution < 1.29 is 9.53 Å². The van der Waals surface area contributed by atoms with E-state index in [0.29, 0.717) is 17.9 Å². The fraction of sp³-hybridized carbons (Fsp3) is 0.100. The van der Waals surface area contributed by atoms with Crippen LogP contribution < -0.4 is 16.2 Å². The number of nitrogen functional groups attached to an aromatic ring is 1. The molecule has 0 spiro atoms. The third kappa shape index (κ3) is 1.59. The number of hydrogen-bond acceptors (Lipinski definition) is 3. The Labute approximate surface area is 95.0 Å².